The maximum absolute atomic E-state index is 5.69. The second-order valence-electron chi connectivity index (χ2n) is 7.01. The van der Waals surface area contributed by atoms with E-state index in [-0.39, 0.29) is 6.10 Å². The van der Waals surface area contributed by atoms with Gasteiger partial charge in [-0.25, -0.2) is 0 Å². The molecule has 0 bridgehead atoms. The van der Waals surface area contributed by atoms with Crippen LogP contribution in [0.4, 0.5) is 0 Å². The molecule has 1 aromatic carbocycles. The Labute approximate surface area is 156 Å². The van der Waals surface area contributed by atoms with Crippen LogP contribution in [0.1, 0.15) is 30.9 Å². The van der Waals surface area contributed by atoms with Crippen LogP contribution in [0.3, 0.4) is 0 Å². The lowest BCUT2D eigenvalue weighted by atomic mass is 9.91. The Balaban J connectivity index is 1.36. The Morgan fingerprint density at radius 2 is 2.00 bits per heavy atom. The average molecular weight is 395 g/mol. The van der Waals surface area contributed by atoms with Gasteiger partial charge < -0.3 is 9.47 Å². The monoisotopic (exact) mass is 394 g/mol. The van der Waals surface area contributed by atoms with E-state index in [9.17, 15) is 0 Å². The van der Waals surface area contributed by atoms with Gasteiger partial charge in [0.2, 0.25) is 0 Å². The second kappa shape index (κ2) is 5.86. The summed E-state index contributed by atoms with van der Waals surface area (Å²) in [7, 11) is 0. The van der Waals surface area contributed by atoms with Crippen LogP contribution in [-0.2, 0) is 15.9 Å². The number of hydrogen-bond donors (Lipinski definition) is 0. The SMILES string of the molecule is CC1=C(CCC2=Cc3ccccc3C2)C2=CC3OCOC3=C(Br)C2=C1. The summed E-state index contributed by atoms with van der Waals surface area (Å²) >= 11 is 3.72. The van der Waals surface area contributed by atoms with Gasteiger partial charge in [0.05, 0.1) is 4.48 Å². The zero-order chi connectivity index (χ0) is 17.0. The summed E-state index contributed by atoms with van der Waals surface area (Å²) in [6, 6.07) is 8.71. The molecule has 126 valence electrons. The summed E-state index contributed by atoms with van der Waals surface area (Å²) in [5.74, 6) is 0.915. The Hall–Kier alpha value is -1.84. The van der Waals surface area contributed by atoms with Gasteiger partial charge in [0.25, 0.3) is 0 Å². The molecule has 1 saturated heterocycles. The molecule has 3 aliphatic carbocycles. The molecule has 0 spiro atoms. The number of benzene rings is 1. The molecule has 3 heteroatoms. The molecular formula is C22H19BrO2. The number of hydrogen-bond acceptors (Lipinski definition) is 2. The van der Waals surface area contributed by atoms with E-state index >= 15 is 0 Å². The summed E-state index contributed by atoms with van der Waals surface area (Å²) in [6.45, 7) is 2.55. The van der Waals surface area contributed by atoms with Crippen LogP contribution in [0, 0.1) is 0 Å². The van der Waals surface area contributed by atoms with Crippen molar-refractivity contribution in [2.45, 2.75) is 32.3 Å². The zero-order valence-electron chi connectivity index (χ0n) is 14.1. The van der Waals surface area contributed by atoms with Crippen LogP contribution >= 0.6 is 15.9 Å². The highest BCUT2D eigenvalue weighted by atomic mass is 79.9. The van der Waals surface area contributed by atoms with Crippen molar-refractivity contribution in [2.75, 3.05) is 6.79 Å². The van der Waals surface area contributed by atoms with E-state index < -0.39 is 0 Å². The average Bonchev–Trinajstić information content (AvgIpc) is 3.30. The van der Waals surface area contributed by atoms with Gasteiger partial charge in [-0.15, -0.1) is 0 Å². The van der Waals surface area contributed by atoms with Crippen LogP contribution in [0.25, 0.3) is 6.08 Å². The number of allylic oxidation sites excluding steroid dienone is 7. The minimum Gasteiger partial charge on any atom is -0.468 e. The fourth-order valence-corrected chi connectivity index (χ4v) is 4.85. The minimum atomic E-state index is -0.0441. The van der Waals surface area contributed by atoms with Crippen LogP contribution in [0.15, 0.2) is 74.5 Å². The van der Waals surface area contributed by atoms with Gasteiger partial charge in [0.15, 0.2) is 6.79 Å². The lowest BCUT2D eigenvalue weighted by molar-refractivity contribution is 0.0629. The molecule has 5 rings (SSSR count). The third-order valence-electron chi connectivity index (χ3n) is 5.47. The highest BCUT2D eigenvalue weighted by Crippen LogP contribution is 2.47. The first-order valence-corrected chi connectivity index (χ1v) is 9.56. The Bertz CT molecular complexity index is 927. The summed E-state index contributed by atoms with van der Waals surface area (Å²) in [4.78, 5) is 0. The molecule has 1 heterocycles. The van der Waals surface area contributed by atoms with E-state index in [1.54, 1.807) is 0 Å². The van der Waals surface area contributed by atoms with E-state index in [0.717, 1.165) is 29.5 Å². The number of rotatable bonds is 3. The maximum Gasteiger partial charge on any atom is 0.190 e. The molecule has 2 nitrogen and oxygen atoms in total. The summed E-state index contributed by atoms with van der Waals surface area (Å²) in [6.07, 6.45) is 10.1. The van der Waals surface area contributed by atoms with Crippen LogP contribution < -0.4 is 0 Å². The fraction of sp³-hybridized carbons (Fsp3) is 0.273. The standard InChI is InChI=1S/C22H19BrO2/c1-13-8-19-18(11-20-22(21(19)23)25-12-24-20)17(13)7-6-14-9-15-4-2-3-5-16(15)10-14/h2-5,8-9,11,20H,6-7,10,12H2,1H3. The summed E-state index contributed by atoms with van der Waals surface area (Å²) in [5.41, 5.74) is 9.73. The van der Waals surface area contributed by atoms with Gasteiger partial charge in [-0.05, 0) is 87.7 Å². The number of ether oxygens (including phenoxy) is 2. The molecule has 1 atom stereocenters. The Morgan fingerprint density at radius 3 is 2.88 bits per heavy atom. The summed E-state index contributed by atoms with van der Waals surface area (Å²) in [5, 5.41) is 0. The molecule has 1 aliphatic heterocycles. The molecule has 4 aliphatic rings. The Morgan fingerprint density at radius 1 is 1.12 bits per heavy atom. The molecule has 0 N–H and O–H groups in total. The molecule has 0 aromatic heterocycles. The largest absolute Gasteiger partial charge is 0.468 e. The van der Waals surface area contributed by atoms with Gasteiger partial charge in [0.1, 0.15) is 11.9 Å². The number of fused-ring (bicyclic) bond motifs is 3. The first-order valence-electron chi connectivity index (χ1n) is 8.76. The van der Waals surface area contributed by atoms with Crippen molar-refractivity contribution in [1.29, 1.82) is 0 Å². The van der Waals surface area contributed by atoms with Gasteiger partial charge in [-0.3, -0.25) is 0 Å². The van der Waals surface area contributed by atoms with Gasteiger partial charge >= 0.3 is 0 Å². The third kappa shape index (κ3) is 2.49. The normalized spacial score (nSPS) is 23.8. The molecule has 25 heavy (non-hydrogen) atoms. The molecular weight excluding hydrogens is 376 g/mol. The minimum absolute atomic E-state index is 0.0441. The lowest BCUT2D eigenvalue weighted by Crippen LogP contribution is -2.12. The van der Waals surface area contributed by atoms with Crippen molar-refractivity contribution in [2.24, 2.45) is 0 Å². The van der Waals surface area contributed by atoms with E-state index in [1.807, 2.05) is 0 Å². The van der Waals surface area contributed by atoms with Crippen molar-refractivity contribution in [1.82, 2.24) is 0 Å². The van der Waals surface area contributed by atoms with Gasteiger partial charge in [-0.1, -0.05) is 35.9 Å². The highest BCUT2D eigenvalue weighted by molar-refractivity contribution is 9.12. The van der Waals surface area contributed by atoms with Gasteiger partial charge in [-0.2, -0.15) is 0 Å². The molecule has 1 fully saturated rings. The van der Waals surface area contributed by atoms with Crippen molar-refractivity contribution in [3.05, 3.63) is 85.7 Å². The van der Waals surface area contributed by atoms with Crippen LogP contribution in [-0.4, -0.2) is 12.9 Å². The van der Waals surface area contributed by atoms with Crippen molar-refractivity contribution in [3.8, 4) is 0 Å². The third-order valence-corrected chi connectivity index (χ3v) is 6.29. The first kappa shape index (κ1) is 15.4. The van der Waals surface area contributed by atoms with Crippen molar-refractivity contribution >= 4 is 22.0 Å². The van der Waals surface area contributed by atoms with E-state index in [0.29, 0.717) is 6.79 Å². The quantitative estimate of drug-likeness (QED) is 0.665. The molecule has 1 aromatic rings. The first-order chi connectivity index (χ1) is 12.2. The highest BCUT2D eigenvalue weighted by Gasteiger charge is 2.35. The van der Waals surface area contributed by atoms with Crippen LogP contribution in [0.5, 0.6) is 0 Å². The second-order valence-corrected chi connectivity index (χ2v) is 7.80. The molecule has 0 radical (unpaired) electrons. The van der Waals surface area contributed by atoms with Crippen molar-refractivity contribution in [3.63, 3.8) is 0 Å². The van der Waals surface area contributed by atoms with Gasteiger partial charge in [0, 0.05) is 0 Å². The van der Waals surface area contributed by atoms with E-state index in [2.05, 4.69) is 65.3 Å². The van der Waals surface area contributed by atoms with Crippen LogP contribution in [0.2, 0.25) is 0 Å². The topological polar surface area (TPSA) is 18.5 Å². The number of halogens is 1. The predicted molar refractivity (Wildman–Crippen MR) is 103 cm³/mol. The summed E-state index contributed by atoms with van der Waals surface area (Å²) < 4.78 is 12.4. The molecule has 0 amide bonds. The molecule has 0 saturated carbocycles. The Kier molecular flexibility index (Phi) is 3.61. The van der Waals surface area contributed by atoms with Crippen molar-refractivity contribution < 1.29 is 9.47 Å². The zero-order valence-corrected chi connectivity index (χ0v) is 15.7. The lowest BCUT2D eigenvalue weighted by Gasteiger charge is -2.19. The predicted octanol–water partition coefficient (Wildman–Crippen LogP) is 5.58. The maximum atomic E-state index is 5.69. The molecule has 1 unspecified atom stereocenters. The van der Waals surface area contributed by atoms with E-state index in [4.69, 9.17) is 9.47 Å². The fourth-order valence-electron chi connectivity index (χ4n) is 4.18. The van der Waals surface area contributed by atoms with E-state index in [1.165, 1.54) is 39.0 Å². The smallest absolute Gasteiger partial charge is 0.190 e.